The molecule has 0 aliphatic heterocycles. The number of aromatic nitrogens is 3. The van der Waals surface area contributed by atoms with Crippen LogP contribution in [0.15, 0.2) is 24.4 Å². The predicted molar refractivity (Wildman–Crippen MR) is 83.8 cm³/mol. The summed E-state index contributed by atoms with van der Waals surface area (Å²) >= 11 is 7.76. The van der Waals surface area contributed by atoms with Crippen molar-refractivity contribution in [3.63, 3.8) is 0 Å². The molecule has 1 atom stereocenters. The Labute approximate surface area is 126 Å². The number of rotatable bonds is 3. The van der Waals surface area contributed by atoms with Crippen LogP contribution in [0.5, 0.6) is 0 Å². The molecular formula is C14H15ClN4S. The van der Waals surface area contributed by atoms with Gasteiger partial charge in [-0.25, -0.2) is 4.52 Å². The molecular weight excluding hydrogens is 292 g/mol. The maximum Gasteiger partial charge on any atom is 0.243 e. The summed E-state index contributed by atoms with van der Waals surface area (Å²) in [5, 5.41) is 8.38. The van der Waals surface area contributed by atoms with Crippen LogP contribution >= 0.6 is 22.9 Å². The molecule has 0 radical (unpaired) electrons. The molecule has 0 saturated carbocycles. The van der Waals surface area contributed by atoms with E-state index in [4.69, 9.17) is 11.6 Å². The maximum absolute atomic E-state index is 5.95. The third-order valence-corrected chi connectivity index (χ3v) is 4.39. The number of hydrogen-bond donors (Lipinski definition) is 1. The highest BCUT2D eigenvalue weighted by atomic mass is 35.5. The van der Waals surface area contributed by atoms with Crippen molar-refractivity contribution in [3.8, 4) is 0 Å². The van der Waals surface area contributed by atoms with Gasteiger partial charge in [-0.1, -0.05) is 11.6 Å². The zero-order chi connectivity index (χ0) is 14.3. The molecule has 1 unspecified atom stereocenters. The summed E-state index contributed by atoms with van der Waals surface area (Å²) in [5.41, 5.74) is 2.08. The number of hydrogen-bond acceptors (Lipinski definition) is 4. The molecule has 0 aliphatic carbocycles. The molecule has 0 fully saturated rings. The number of nitrogens with one attached hydrogen (secondary N) is 1. The summed E-state index contributed by atoms with van der Waals surface area (Å²) in [4.78, 5) is 7.09. The van der Waals surface area contributed by atoms with Crippen LogP contribution in [0.25, 0.3) is 5.65 Å². The normalized spacial score (nSPS) is 12.8. The first-order valence-electron chi connectivity index (χ1n) is 6.38. The Bertz CT molecular complexity index is 762. The Hall–Kier alpha value is -1.59. The van der Waals surface area contributed by atoms with E-state index in [1.54, 1.807) is 10.7 Å². The molecule has 104 valence electrons. The number of pyridine rings is 1. The lowest BCUT2D eigenvalue weighted by atomic mass is 10.1. The topological polar surface area (TPSA) is 42.2 Å². The maximum atomic E-state index is 5.95. The molecule has 3 aromatic rings. The second-order valence-corrected chi connectivity index (χ2v) is 6.72. The van der Waals surface area contributed by atoms with Gasteiger partial charge in [0.05, 0.1) is 11.1 Å². The SMILES string of the molecule is Cc1cc(C(C)Nc2nc3ccc(Cl)cn3n2)c(C)s1. The number of halogens is 1. The number of nitrogens with zero attached hydrogens (tertiary/aromatic N) is 3. The first-order chi connectivity index (χ1) is 9.52. The van der Waals surface area contributed by atoms with Crippen molar-refractivity contribution in [2.24, 2.45) is 0 Å². The Morgan fingerprint density at radius 2 is 2.15 bits per heavy atom. The minimum atomic E-state index is 0.174. The van der Waals surface area contributed by atoms with E-state index in [-0.39, 0.29) is 6.04 Å². The van der Waals surface area contributed by atoms with E-state index in [9.17, 15) is 0 Å². The first kappa shape index (κ1) is 13.4. The third-order valence-electron chi connectivity index (χ3n) is 3.19. The van der Waals surface area contributed by atoms with Gasteiger partial charge in [-0.3, -0.25) is 0 Å². The summed E-state index contributed by atoms with van der Waals surface area (Å²) < 4.78 is 1.68. The van der Waals surface area contributed by atoms with Crippen LogP contribution in [0.1, 0.15) is 28.3 Å². The number of thiophene rings is 1. The Balaban J connectivity index is 1.87. The predicted octanol–water partition coefficient (Wildman–Crippen LogP) is 4.23. The number of aryl methyl sites for hydroxylation is 2. The smallest absolute Gasteiger partial charge is 0.243 e. The Morgan fingerprint density at radius 1 is 1.35 bits per heavy atom. The molecule has 6 heteroatoms. The summed E-state index contributed by atoms with van der Waals surface area (Å²) in [6.45, 7) is 6.38. The molecule has 0 spiro atoms. The second kappa shape index (κ2) is 5.07. The average Bonchev–Trinajstić information content (AvgIpc) is 2.91. The van der Waals surface area contributed by atoms with Gasteiger partial charge >= 0.3 is 0 Å². The van der Waals surface area contributed by atoms with Gasteiger partial charge in [0.1, 0.15) is 0 Å². The minimum Gasteiger partial charge on any atom is -0.346 e. The van der Waals surface area contributed by atoms with Crippen LogP contribution in [0.2, 0.25) is 5.02 Å². The highest BCUT2D eigenvalue weighted by Gasteiger charge is 2.13. The zero-order valence-corrected chi connectivity index (χ0v) is 13.1. The highest BCUT2D eigenvalue weighted by molar-refractivity contribution is 7.12. The fourth-order valence-corrected chi connectivity index (χ4v) is 3.45. The fourth-order valence-electron chi connectivity index (χ4n) is 2.27. The Kier molecular flexibility index (Phi) is 3.40. The van der Waals surface area contributed by atoms with Crippen LogP contribution in [0.3, 0.4) is 0 Å². The van der Waals surface area contributed by atoms with Gasteiger partial charge in [-0.15, -0.1) is 16.4 Å². The van der Waals surface area contributed by atoms with E-state index in [1.165, 1.54) is 15.3 Å². The van der Waals surface area contributed by atoms with E-state index in [0.29, 0.717) is 11.0 Å². The lowest BCUT2D eigenvalue weighted by Gasteiger charge is -2.11. The summed E-state index contributed by atoms with van der Waals surface area (Å²) in [6.07, 6.45) is 1.75. The molecule has 0 bridgehead atoms. The van der Waals surface area contributed by atoms with Crippen LogP contribution in [0.4, 0.5) is 5.95 Å². The fraction of sp³-hybridized carbons (Fsp3) is 0.286. The van der Waals surface area contributed by atoms with E-state index in [2.05, 4.69) is 42.2 Å². The van der Waals surface area contributed by atoms with Gasteiger partial charge in [0.2, 0.25) is 5.95 Å². The van der Waals surface area contributed by atoms with Crippen molar-refractivity contribution in [1.29, 1.82) is 0 Å². The molecule has 3 rings (SSSR count). The molecule has 0 aliphatic rings. The monoisotopic (exact) mass is 306 g/mol. The molecule has 0 saturated heterocycles. The Morgan fingerprint density at radius 3 is 2.85 bits per heavy atom. The third kappa shape index (κ3) is 2.51. The number of fused-ring (bicyclic) bond motifs is 1. The van der Waals surface area contributed by atoms with Crippen LogP contribution in [0, 0.1) is 13.8 Å². The second-order valence-electron chi connectivity index (χ2n) is 4.82. The lowest BCUT2D eigenvalue weighted by molar-refractivity contribution is 0.850. The van der Waals surface area contributed by atoms with Gasteiger partial charge in [-0.05, 0) is 44.5 Å². The molecule has 0 amide bonds. The van der Waals surface area contributed by atoms with E-state index >= 15 is 0 Å². The van der Waals surface area contributed by atoms with Crippen molar-refractivity contribution < 1.29 is 0 Å². The van der Waals surface area contributed by atoms with Gasteiger partial charge in [0.25, 0.3) is 0 Å². The van der Waals surface area contributed by atoms with Gasteiger partial charge in [-0.2, -0.15) is 4.98 Å². The zero-order valence-electron chi connectivity index (χ0n) is 11.5. The van der Waals surface area contributed by atoms with Crippen molar-refractivity contribution >= 4 is 34.5 Å². The molecule has 3 aromatic heterocycles. The largest absolute Gasteiger partial charge is 0.346 e. The average molecular weight is 307 g/mol. The molecule has 1 N–H and O–H groups in total. The van der Waals surface area contributed by atoms with Crippen LogP contribution < -0.4 is 5.32 Å². The van der Waals surface area contributed by atoms with E-state index in [0.717, 1.165) is 5.65 Å². The van der Waals surface area contributed by atoms with Crippen molar-refractivity contribution in [2.75, 3.05) is 5.32 Å². The van der Waals surface area contributed by atoms with Gasteiger partial charge in [0, 0.05) is 16.0 Å². The summed E-state index contributed by atoms with van der Waals surface area (Å²) in [5.74, 6) is 0.614. The minimum absolute atomic E-state index is 0.174. The standard InChI is InChI=1S/C14H15ClN4S/c1-8-6-12(10(3)20-8)9(2)16-14-17-13-5-4-11(15)7-19(13)18-14/h4-7,9H,1-3H3,(H,16,18). The first-order valence-corrected chi connectivity index (χ1v) is 7.58. The van der Waals surface area contributed by atoms with Crippen molar-refractivity contribution in [2.45, 2.75) is 26.8 Å². The van der Waals surface area contributed by atoms with Crippen LogP contribution in [-0.2, 0) is 0 Å². The highest BCUT2D eigenvalue weighted by Crippen LogP contribution is 2.28. The van der Waals surface area contributed by atoms with Crippen molar-refractivity contribution in [3.05, 3.63) is 44.7 Å². The van der Waals surface area contributed by atoms with E-state index < -0.39 is 0 Å². The van der Waals surface area contributed by atoms with Crippen molar-refractivity contribution in [1.82, 2.24) is 14.6 Å². The lowest BCUT2D eigenvalue weighted by Crippen LogP contribution is -2.08. The molecule has 3 heterocycles. The summed E-state index contributed by atoms with van der Waals surface area (Å²) in [7, 11) is 0. The van der Waals surface area contributed by atoms with Gasteiger partial charge in [0.15, 0.2) is 5.65 Å². The molecule has 4 nitrogen and oxygen atoms in total. The van der Waals surface area contributed by atoms with Gasteiger partial charge < -0.3 is 5.32 Å². The van der Waals surface area contributed by atoms with Crippen LogP contribution in [-0.4, -0.2) is 14.6 Å². The van der Waals surface area contributed by atoms with E-state index in [1.807, 2.05) is 23.5 Å². The quantitative estimate of drug-likeness (QED) is 0.787. The summed E-state index contributed by atoms with van der Waals surface area (Å²) in [6, 6.07) is 6.05. The molecule has 20 heavy (non-hydrogen) atoms. The number of anilines is 1. The molecule has 0 aromatic carbocycles.